The predicted molar refractivity (Wildman–Crippen MR) is 138 cm³/mol. The van der Waals surface area contributed by atoms with Crippen LogP contribution in [-0.2, 0) is 5.41 Å². The summed E-state index contributed by atoms with van der Waals surface area (Å²) in [6, 6.07) is 29.4. The molecular formula is C31H31N. The molecule has 5 rings (SSSR count). The Morgan fingerprint density at radius 1 is 0.500 bits per heavy atom. The van der Waals surface area contributed by atoms with Crippen LogP contribution in [0.4, 0.5) is 17.1 Å². The predicted octanol–water partition coefficient (Wildman–Crippen LogP) is 8.70. The first-order chi connectivity index (χ1) is 15.3. The van der Waals surface area contributed by atoms with Gasteiger partial charge < -0.3 is 4.90 Å². The number of fused-ring (bicyclic) bond motifs is 3. The third-order valence-corrected chi connectivity index (χ3v) is 7.32. The van der Waals surface area contributed by atoms with Crippen LogP contribution < -0.4 is 4.90 Å². The molecule has 0 N–H and O–H groups in total. The fraction of sp³-hybridized carbons (Fsp3) is 0.226. The molecule has 1 nitrogen and oxygen atoms in total. The van der Waals surface area contributed by atoms with E-state index < -0.39 is 0 Å². The van der Waals surface area contributed by atoms with E-state index in [1.165, 1.54) is 61.6 Å². The maximum Gasteiger partial charge on any atom is 0.0465 e. The zero-order valence-electron chi connectivity index (χ0n) is 20.0. The van der Waals surface area contributed by atoms with Crippen LogP contribution in [0.3, 0.4) is 0 Å². The Kier molecular flexibility index (Phi) is 4.74. The zero-order chi connectivity index (χ0) is 22.6. The molecule has 0 amide bonds. The summed E-state index contributed by atoms with van der Waals surface area (Å²) in [6.07, 6.45) is 0. The highest BCUT2D eigenvalue weighted by atomic mass is 15.1. The average Bonchev–Trinajstić information content (AvgIpc) is 3.00. The highest BCUT2D eigenvalue weighted by Gasteiger charge is 2.35. The molecule has 0 atom stereocenters. The molecule has 4 aromatic carbocycles. The molecule has 0 bridgehead atoms. The second-order valence-electron chi connectivity index (χ2n) is 9.77. The first-order valence-corrected chi connectivity index (χ1v) is 11.5. The molecular weight excluding hydrogens is 386 g/mol. The molecule has 1 heteroatoms. The first kappa shape index (κ1) is 20.6. The lowest BCUT2D eigenvalue weighted by molar-refractivity contribution is 0.660. The number of rotatable bonds is 3. The van der Waals surface area contributed by atoms with Crippen molar-refractivity contribution in [2.24, 2.45) is 0 Å². The van der Waals surface area contributed by atoms with Gasteiger partial charge in [-0.05, 0) is 109 Å². The van der Waals surface area contributed by atoms with Gasteiger partial charge in [0.25, 0.3) is 0 Å². The Balaban J connectivity index is 1.72. The summed E-state index contributed by atoms with van der Waals surface area (Å²) in [5.41, 5.74) is 14.4. The molecule has 0 radical (unpaired) electrons. The van der Waals surface area contributed by atoms with Gasteiger partial charge in [0.05, 0.1) is 0 Å². The van der Waals surface area contributed by atoms with Crippen molar-refractivity contribution in [1.29, 1.82) is 0 Å². The van der Waals surface area contributed by atoms with E-state index in [1.807, 2.05) is 0 Å². The van der Waals surface area contributed by atoms with E-state index in [2.05, 4.69) is 125 Å². The molecule has 1 aliphatic rings. The quantitative estimate of drug-likeness (QED) is 0.322. The van der Waals surface area contributed by atoms with Crippen LogP contribution in [0.2, 0.25) is 0 Å². The Hall–Kier alpha value is -3.32. The molecule has 0 heterocycles. The molecule has 0 saturated heterocycles. The van der Waals surface area contributed by atoms with Gasteiger partial charge in [0.15, 0.2) is 0 Å². The van der Waals surface area contributed by atoms with Crippen LogP contribution in [-0.4, -0.2) is 0 Å². The summed E-state index contributed by atoms with van der Waals surface area (Å²) >= 11 is 0. The molecule has 0 fully saturated rings. The lowest BCUT2D eigenvalue weighted by Crippen LogP contribution is -2.16. The van der Waals surface area contributed by atoms with Crippen molar-refractivity contribution in [2.45, 2.75) is 47.0 Å². The minimum absolute atomic E-state index is 0.0139. The van der Waals surface area contributed by atoms with Crippen molar-refractivity contribution in [3.63, 3.8) is 0 Å². The normalized spacial score (nSPS) is 13.6. The van der Waals surface area contributed by atoms with E-state index in [1.54, 1.807) is 0 Å². The first-order valence-electron chi connectivity index (χ1n) is 11.5. The number of hydrogen-bond acceptors (Lipinski definition) is 1. The molecule has 0 saturated carbocycles. The second kappa shape index (κ2) is 7.38. The van der Waals surface area contributed by atoms with Gasteiger partial charge in [0.1, 0.15) is 0 Å². The van der Waals surface area contributed by atoms with Crippen LogP contribution in [0.25, 0.3) is 11.1 Å². The maximum atomic E-state index is 2.40. The van der Waals surface area contributed by atoms with Crippen LogP contribution >= 0.6 is 0 Å². The van der Waals surface area contributed by atoms with E-state index in [0.717, 1.165) is 0 Å². The summed E-state index contributed by atoms with van der Waals surface area (Å²) in [5, 5.41) is 0. The lowest BCUT2D eigenvalue weighted by atomic mass is 9.82. The van der Waals surface area contributed by atoms with Gasteiger partial charge in [-0.1, -0.05) is 56.3 Å². The summed E-state index contributed by atoms with van der Waals surface area (Å²) in [7, 11) is 0. The molecule has 4 aromatic rings. The van der Waals surface area contributed by atoms with E-state index >= 15 is 0 Å². The molecule has 0 aliphatic heterocycles. The monoisotopic (exact) mass is 417 g/mol. The Labute approximate surface area is 192 Å². The van der Waals surface area contributed by atoms with Crippen LogP contribution in [0, 0.1) is 27.7 Å². The summed E-state index contributed by atoms with van der Waals surface area (Å²) in [5.74, 6) is 0. The molecule has 0 aromatic heterocycles. The van der Waals surface area contributed by atoms with Gasteiger partial charge in [0, 0.05) is 22.5 Å². The molecule has 0 unspecified atom stereocenters. The van der Waals surface area contributed by atoms with Gasteiger partial charge >= 0.3 is 0 Å². The highest BCUT2D eigenvalue weighted by molar-refractivity contribution is 5.85. The van der Waals surface area contributed by atoms with Crippen LogP contribution in [0.15, 0.2) is 78.9 Å². The Morgan fingerprint density at radius 2 is 1.00 bits per heavy atom. The number of hydrogen-bond donors (Lipinski definition) is 0. The fourth-order valence-electron chi connectivity index (χ4n) is 5.01. The standard InChI is InChI=1S/C31H31N/c1-20-11-13-24(17-22(20)3)32(25-14-12-21(2)23(4)18-25)26-15-16-28-27-9-7-8-10-29(27)31(5,6)30(28)19-26/h7-19H,1-6H3. The molecule has 0 spiro atoms. The Morgan fingerprint density at radius 3 is 1.59 bits per heavy atom. The van der Waals surface area contributed by atoms with Gasteiger partial charge in [-0.15, -0.1) is 0 Å². The number of nitrogens with zero attached hydrogens (tertiary/aromatic N) is 1. The topological polar surface area (TPSA) is 3.24 Å². The van der Waals surface area contributed by atoms with Crippen LogP contribution in [0.5, 0.6) is 0 Å². The third kappa shape index (κ3) is 3.15. The highest BCUT2D eigenvalue weighted by Crippen LogP contribution is 2.50. The molecule has 32 heavy (non-hydrogen) atoms. The van der Waals surface area contributed by atoms with Crippen molar-refractivity contribution in [2.75, 3.05) is 4.90 Å². The van der Waals surface area contributed by atoms with Crippen molar-refractivity contribution >= 4 is 17.1 Å². The van der Waals surface area contributed by atoms with Crippen molar-refractivity contribution in [1.82, 2.24) is 0 Å². The SMILES string of the molecule is Cc1ccc(N(c2ccc(C)c(C)c2)c2ccc3c(c2)C(C)(C)c2ccccc2-3)cc1C. The van der Waals surface area contributed by atoms with Gasteiger partial charge in [0.2, 0.25) is 0 Å². The van der Waals surface area contributed by atoms with Crippen LogP contribution in [0.1, 0.15) is 47.2 Å². The summed E-state index contributed by atoms with van der Waals surface area (Å²) in [4.78, 5) is 2.40. The van der Waals surface area contributed by atoms with Crippen molar-refractivity contribution < 1.29 is 0 Å². The summed E-state index contributed by atoms with van der Waals surface area (Å²) < 4.78 is 0. The lowest BCUT2D eigenvalue weighted by Gasteiger charge is -2.29. The smallest absolute Gasteiger partial charge is 0.0465 e. The zero-order valence-corrected chi connectivity index (χ0v) is 20.0. The maximum absolute atomic E-state index is 2.40. The molecule has 1 aliphatic carbocycles. The minimum atomic E-state index is -0.0139. The molecule has 160 valence electrons. The Bertz CT molecular complexity index is 1290. The van der Waals surface area contributed by atoms with Gasteiger partial charge in [-0.3, -0.25) is 0 Å². The van der Waals surface area contributed by atoms with Crippen molar-refractivity contribution in [3.8, 4) is 11.1 Å². The van der Waals surface area contributed by atoms with Gasteiger partial charge in [-0.2, -0.15) is 0 Å². The second-order valence-corrected chi connectivity index (χ2v) is 9.77. The van der Waals surface area contributed by atoms with E-state index in [0.29, 0.717) is 0 Å². The fourth-order valence-corrected chi connectivity index (χ4v) is 5.01. The summed E-state index contributed by atoms with van der Waals surface area (Å²) in [6.45, 7) is 13.4. The average molecular weight is 418 g/mol. The van der Waals surface area contributed by atoms with E-state index in [9.17, 15) is 0 Å². The van der Waals surface area contributed by atoms with Crippen molar-refractivity contribution in [3.05, 3.63) is 112 Å². The largest absolute Gasteiger partial charge is 0.310 e. The number of aryl methyl sites for hydroxylation is 4. The minimum Gasteiger partial charge on any atom is -0.310 e. The third-order valence-electron chi connectivity index (χ3n) is 7.32. The number of benzene rings is 4. The van der Waals surface area contributed by atoms with Gasteiger partial charge in [-0.25, -0.2) is 0 Å². The van der Waals surface area contributed by atoms with E-state index in [4.69, 9.17) is 0 Å². The number of anilines is 3. The van der Waals surface area contributed by atoms with E-state index in [-0.39, 0.29) is 5.41 Å².